The number of H-pyrrole nitrogens is 1. The topological polar surface area (TPSA) is 99.2 Å². The van der Waals surface area contributed by atoms with E-state index in [9.17, 15) is 14.7 Å². The Morgan fingerprint density at radius 2 is 1.88 bits per heavy atom. The summed E-state index contributed by atoms with van der Waals surface area (Å²) in [5.74, 6) is -1.27. The number of imidazole rings is 1. The highest BCUT2D eigenvalue weighted by Crippen LogP contribution is 2.40. The molecule has 0 aliphatic carbocycles. The Kier molecular flexibility index (Phi) is 5.22. The van der Waals surface area contributed by atoms with E-state index in [1.807, 2.05) is 55.5 Å². The maximum atomic E-state index is 13.3. The van der Waals surface area contributed by atoms with E-state index in [-0.39, 0.29) is 23.7 Å². The SMILES string of the molecule is Cc1ccc2nc(N3C(=O)C(O)=C(C(=O)CCc4ccccc4)C3c3ccccn3)[nH]c2c1. The summed E-state index contributed by atoms with van der Waals surface area (Å²) < 4.78 is 0. The zero-order chi connectivity index (χ0) is 22.9. The second-order valence-electron chi connectivity index (χ2n) is 8.08. The number of fused-ring (bicyclic) bond motifs is 1. The van der Waals surface area contributed by atoms with Crippen LogP contribution in [-0.2, 0) is 16.0 Å². The van der Waals surface area contributed by atoms with E-state index >= 15 is 0 Å². The van der Waals surface area contributed by atoms with Crippen LogP contribution in [-0.4, -0.2) is 31.7 Å². The van der Waals surface area contributed by atoms with Crippen LogP contribution in [0.2, 0.25) is 0 Å². The van der Waals surface area contributed by atoms with Crippen molar-refractivity contribution in [1.82, 2.24) is 15.0 Å². The van der Waals surface area contributed by atoms with E-state index in [0.717, 1.165) is 16.6 Å². The first-order chi connectivity index (χ1) is 16.0. The van der Waals surface area contributed by atoms with Gasteiger partial charge in [0.1, 0.15) is 6.04 Å². The number of pyridine rings is 1. The number of aromatic nitrogens is 3. The average Bonchev–Trinajstić information content (AvgIpc) is 3.36. The van der Waals surface area contributed by atoms with Crippen molar-refractivity contribution in [3.05, 3.63) is 101 Å². The molecule has 0 bridgehead atoms. The quantitative estimate of drug-likeness (QED) is 0.466. The van der Waals surface area contributed by atoms with Crippen molar-refractivity contribution in [3.8, 4) is 0 Å². The summed E-state index contributed by atoms with van der Waals surface area (Å²) in [5.41, 5.74) is 4.03. The lowest BCUT2D eigenvalue weighted by Gasteiger charge is -2.23. The third-order valence-corrected chi connectivity index (χ3v) is 5.81. The summed E-state index contributed by atoms with van der Waals surface area (Å²) in [6.45, 7) is 1.97. The number of aryl methyl sites for hydroxylation is 2. The molecule has 1 atom stereocenters. The van der Waals surface area contributed by atoms with Crippen LogP contribution in [0, 0.1) is 6.92 Å². The van der Waals surface area contributed by atoms with Gasteiger partial charge in [0.15, 0.2) is 11.5 Å². The Labute approximate surface area is 190 Å². The van der Waals surface area contributed by atoms with Gasteiger partial charge in [-0.2, -0.15) is 0 Å². The smallest absolute Gasteiger partial charge is 0.296 e. The standard InChI is InChI=1S/C26H22N4O3/c1-16-10-12-18-20(15-16)29-26(28-18)30-23(19-9-5-6-14-27-19)22(24(32)25(30)33)21(31)13-11-17-7-3-2-4-8-17/h2-10,12,14-15,23,32H,11,13H2,1H3,(H,28,29). The highest BCUT2D eigenvalue weighted by atomic mass is 16.3. The molecule has 7 heteroatoms. The first-order valence-corrected chi connectivity index (χ1v) is 10.7. The first-order valence-electron chi connectivity index (χ1n) is 10.7. The molecule has 7 nitrogen and oxygen atoms in total. The third kappa shape index (κ3) is 3.78. The van der Waals surface area contributed by atoms with Gasteiger partial charge in [0.05, 0.1) is 22.3 Å². The van der Waals surface area contributed by atoms with Crippen LogP contribution < -0.4 is 4.90 Å². The zero-order valence-electron chi connectivity index (χ0n) is 18.0. The molecular weight excluding hydrogens is 416 g/mol. The van der Waals surface area contributed by atoms with Crippen molar-refractivity contribution < 1.29 is 14.7 Å². The Morgan fingerprint density at radius 3 is 2.64 bits per heavy atom. The lowest BCUT2D eigenvalue weighted by atomic mass is 9.96. The molecule has 0 fully saturated rings. The molecule has 5 rings (SSSR count). The molecule has 164 valence electrons. The number of carbonyl (C=O) groups is 2. The van der Waals surface area contributed by atoms with Crippen LogP contribution >= 0.6 is 0 Å². The van der Waals surface area contributed by atoms with E-state index in [4.69, 9.17) is 0 Å². The van der Waals surface area contributed by atoms with Gasteiger partial charge in [0, 0.05) is 12.6 Å². The summed E-state index contributed by atoms with van der Waals surface area (Å²) in [6.07, 6.45) is 2.26. The minimum Gasteiger partial charge on any atom is -0.503 e. The van der Waals surface area contributed by atoms with Gasteiger partial charge in [-0.15, -0.1) is 0 Å². The molecule has 0 saturated heterocycles. The maximum Gasteiger partial charge on any atom is 0.296 e. The summed E-state index contributed by atoms with van der Waals surface area (Å²) in [7, 11) is 0. The number of carbonyl (C=O) groups excluding carboxylic acids is 2. The highest BCUT2D eigenvalue weighted by molar-refractivity contribution is 6.16. The molecule has 1 unspecified atom stereocenters. The number of aliphatic hydroxyl groups is 1. The highest BCUT2D eigenvalue weighted by Gasteiger charge is 2.46. The number of Topliss-reactive ketones (excluding diaryl/α,β-unsaturated/α-hetero) is 1. The lowest BCUT2D eigenvalue weighted by Crippen LogP contribution is -2.32. The minimum absolute atomic E-state index is 0.0475. The van der Waals surface area contributed by atoms with Gasteiger partial charge in [0.2, 0.25) is 5.95 Å². The van der Waals surface area contributed by atoms with Gasteiger partial charge in [-0.3, -0.25) is 19.5 Å². The average molecular weight is 438 g/mol. The van der Waals surface area contributed by atoms with E-state index < -0.39 is 17.7 Å². The van der Waals surface area contributed by atoms with Gasteiger partial charge in [-0.1, -0.05) is 42.5 Å². The largest absolute Gasteiger partial charge is 0.503 e. The van der Waals surface area contributed by atoms with Crippen molar-refractivity contribution in [2.75, 3.05) is 4.90 Å². The molecule has 0 saturated carbocycles. The number of hydrogen-bond donors (Lipinski definition) is 2. The molecule has 1 aliphatic rings. The number of nitrogens with zero attached hydrogens (tertiary/aromatic N) is 3. The lowest BCUT2D eigenvalue weighted by molar-refractivity contribution is -0.118. The predicted molar refractivity (Wildman–Crippen MR) is 125 cm³/mol. The Hall–Kier alpha value is -4.26. The van der Waals surface area contributed by atoms with Crippen molar-refractivity contribution in [1.29, 1.82) is 0 Å². The number of hydrogen-bond acceptors (Lipinski definition) is 5. The molecule has 1 amide bonds. The van der Waals surface area contributed by atoms with Crippen molar-refractivity contribution in [3.63, 3.8) is 0 Å². The van der Waals surface area contributed by atoms with Crippen LogP contribution in [0.25, 0.3) is 11.0 Å². The number of nitrogens with one attached hydrogen (secondary N) is 1. The van der Waals surface area contributed by atoms with Crippen LogP contribution in [0.15, 0.2) is 84.3 Å². The van der Waals surface area contributed by atoms with E-state index in [2.05, 4.69) is 15.0 Å². The second kappa shape index (κ2) is 8.35. The van der Waals surface area contributed by atoms with Gasteiger partial charge < -0.3 is 10.1 Å². The molecule has 4 aromatic rings. The zero-order valence-corrected chi connectivity index (χ0v) is 18.0. The van der Waals surface area contributed by atoms with Gasteiger partial charge in [0.25, 0.3) is 5.91 Å². The number of amides is 1. The van der Waals surface area contributed by atoms with Crippen LogP contribution in [0.5, 0.6) is 0 Å². The van der Waals surface area contributed by atoms with Crippen molar-refractivity contribution in [2.45, 2.75) is 25.8 Å². The van der Waals surface area contributed by atoms with Crippen LogP contribution in [0.1, 0.15) is 29.3 Å². The molecule has 2 aromatic heterocycles. The van der Waals surface area contributed by atoms with Gasteiger partial charge in [-0.05, 0) is 48.7 Å². The summed E-state index contributed by atoms with van der Waals surface area (Å²) in [4.78, 5) is 39.9. The number of aromatic amines is 1. The number of anilines is 1. The van der Waals surface area contributed by atoms with E-state index in [1.54, 1.807) is 24.4 Å². The maximum absolute atomic E-state index is 13.3. The van der Waals surface area contributed by atoms with Gasteiger partial charge >= 0.3 is 0 Å². The van der Waals surface area contributed by atoms with Crippen LogP contribution in [0.4, 0.5) is 5.95 Å². The molecule has 3 heterocycles. The summed E-state index contributed by atoms with van der Waals surface area (Å²) in [5, 5.41) is 10.8. The number of rotatable bonds is 6. The Balaban J connectivity index is 1.54. The fourth-order valence-electron chi connectivity index (χ4n) is 4.19. The normalized spacial score (nSPS) is 16.1. The molecule has 33 heavy (non-hydrogen) atoms. The monoisotopic (exact) mass is 438 g/mol. The first kappa shape index (κ1) is 20.6. The number of aliphatic hydroxyl groups excluding tert-OH is 1. The number of ketones is 1. The minimum atomic E-state index is -0.872. The summed E-state index contributed by atoms with van der Waals surface area (Å²) >= 11 is 0. The summed E-state index contributed by atoms with van der Waals surface area (Å²) in [6, 6.07) is 19.8. The van der Waals surface area contributed by atoms with E-state index in [0.29, 0.717) is 17.6 Å². The van der Waals surface area contributed by atoms with Crippen LogP contribution in [0.3, 0.4) is 0 Å². The Morgan fingerprint density at radius 1 is 1.09 bits per heavy atom. The van der Waals surface area contributed by atoms with Crippen molar-refractivity contribution in [2.24, 2.45) is 0 Å². The molecule has 2 N–H and O–H groups in total. The number of benzene rings is 2. The molecule has 2 aromatic carbocycles. The second-order valence-corrected chi connectivity index (χ2v) is 8.08. The Bertz CT molecular complexity index is 1380. The van der Waals surface area contributed by atoms with Gasteiger partial charge in [-0.25, -0.2) is 4.98 Å². The fraction of sp³-hybridized carbons (Fsp3) is 0.154. The molecule has 0 radical (unpaired) electrons. The molecule has 0 spiro atoms. The van der Waals surface area contributed by atoms with E-state index in [1.165, 1.54) is 4.90 Å². The molecule has 1 aliphatic heterocycles. The third-order valence-electron chi connectivity index (χ3n) is 5.81. The van der Waals surface area contributed by atoms with Crippen molar-refractivity contribution >= 4 is 28.7 Å². The fourth-order valence-corrected chi connectivity index (χ4v) is 4.19. The molecular formula is C26H22N4O3. The predicted octanol–water partition coefficient (Wildman–Crippen LogP) is 4.37.